The number of piperidine rings is 1. The van der Waals surface area contributed by atoms with E-state index < -0.39 is 0 Å². The van der Waals surface area contributed by atoms with Crippen molar-refractivity contribution in [2.24, 2.45) is 23.5 Å². The van der Waals surface area contributed by atoms with Gasteiger partial charge in [0.25, 0.3) is 0 Å². The van der Waals surface area contributed by atoms with Gasteiger partial charge in [0.15, 0.2) is 0 Å². The molecule has 1 heterocycles. The molecule has 0 radical (unpaired) electrons. The Hall–Kier alpha value is -0.0800. The van der Waals surface area contributed by atoms with Crippen LogP contribution in [0.15, 0.2) is 0 Å². The Balaban J connectivity index is 1.65. The highest BCUT2D eigenvalue weighted by Gasteiger charge is 2.24. The molecule has 0 aromatic carbocycles. The maximum absolute atomic E-state index is 6.07. The van der Waals surface area contributed by atoms with Crippen LogP contribution < -0.4 is 5.73 Å². The standard InChI is InChI=1S/C15H30N2/c1-12-3-5-14(6-4-12)7-9-17-10-8-15(16)13(2)11-17/h12-15H,3-11,16H2,1-2H3. The largest absolute Gasteiger partial charge is 0.327 e. The van der Waals surface area contributed by atoms with Crippen LogP contribution in [0.25, 0.3) is 0 Å². The molecular weight excluding hydrogens is 208 g/mol. The molecule has 17 heavy (non-hydrogen) atoms. The van der Waals surface area contributed by atoms with Gasteiger partial charge in [-0.25, -0.2) is 0 Å². The van der Waals surface area contributed by atoms with Crippen molar-refractivity contribution in [2.45, 2.75) is 58.4 Å². The van der Waals surface area contributed by atoms with Gasteiger partial charge in [0.1, 0.15) is 0 Å². The molecule has 0 aromatic heterocycles. The van der Waals surface area contributed by atoms with Gasteiger partial charge in [0.05, 0.1) is 0 Å². The van der Waals surface area contributed by atoms with Crippen LogP contribution in [0.2, 0.25) is 0 Å². The fourth-order valence-corrected chi connectivity index (χ4v) is 3.44. The summed E-state index contributed by atoms with van der Waals surface area (Å²) in [4.78, 5) is 2.64. The van der Waals surface area contributed by atoms with Crippen LogP contribution in [-0.4, -0.2) is 30.6 Å². The van der Waals surface area contributed by atoms with E-state index >= 15 is 0 Å². The fraction of sp³-hybridized carbons (Fsp3) is 1.00. The van der Waals surface area contributed by atoms with Gasteiger partial charge in [-0.05, 0) is 43.7 Å². The van der Waals surface area contributed by atoms with Crippen LogP contribution in [0.1, 0.15) is 52.4 Å². The number of likely N-dealkylation sites (tertiary alicyclic amines) is 1. The zero-order valence-electron chi connectivity index (χ0n) is 11.7. The van der Waals surface area contributed by atoms with Crippen LogP contribution in [0.4, 0.5) is 0 Å². The highest BCUT2D eigenvalue weighted by Crippen LogP contribution is 2.30. The van der Waals surface area contributed by atoms with Crippen molar-refractivity contribution in [2.75, 3.05) is 19.6 Å². The van der Waals surface area contributed by atoms with E-state index in [0.29, 0.717) is 12.0 Å². The molecule has 0 aromatic rings. The van der Waals surface area contributed by atoms with E-state index in [1.807, 2.05) is 0 Å². The number of nitrogens with two attached hydrogens (primary N) is 1. The molecule has 1 saturated heterocycles. The van der Waals surface area contributed by atoms with Gasteiger partial charge in [-0.3, -0.25) is 0 Å². The predicted octanol–water partition coefficient (Wildman–Crippen LogP) is 2.87. The lowest BCUT2D eigenvalue weighted by atomic mass is 9.81. The first-order valence-corrected chi connectivity index (χ1v) is 7.63. The Morgan fingerprint density at radius 2 is 1.76 bits per heavy atom. The van der Waals surface area contributed by atoms with Gasteiger partial charge in [-0.15, -0.1) is 0 Å². The van der Waals surface area contributed by atoms with Crippen molar-refractivity contribution in [3.05, 3.63) is 0 Å². The summed E-state index contributed by atoms with van der Waals surface area (Å²) in [6.07, 6.45) is 8.50. The van der Waals surface area contributed by atoms with Gasteiger partial charge >= 0.3 is 0 Å². The first-order valence-electron chi connectivity index (χ1n) is 7.63. The second-order valence-electron chi connectivity index (χ2n) is 6.64. The summed E-state index contributed by atoms with van der Waals surface area (Å²) in [5.74, 6) is 2.69. The average Bonchev–Trinajstić information content (AvgIpc) is 2.33. The second-order valence-corrected chi connectivity index (χ2v) is 6.64. The van der Waals surface area contributed by atoms with E-state index in [-0.39, 0.29) is 0 Å². The lowest BCUT2D eigenvalue weighted by Gasteiger charge is -2.36. The fourth-order valence-electron chi connectivity index (χ4n) is 3.44. The van der Waals surface area contributed by atoms with Crippen molar-refractivity contribution in [3.63, 3.8) is 0 Å². The van der Waals surface area contributed by atoms with Crippen molar-refractivity contribution in [3.8, 4) is 0 Å². The molecule has 0 amide bonds. The lowest BCUT2D eigenvalue weighted by molar-refractivity contribution is 0.147. The monoisotopic (exact) mass is 238 g/mol. The molecule has 0 spiro atoms. The van der Waals surface area contributed by atoms with Gasteiger partial charge in [-0.1, -0.05) is 39.5 Å². The normalized spacial score (nSPS) is 40.4. The van der Waals surface area contributed by atoms with E-state index in [0.717, 1.165) is 11.8 Å². The molecule has 2 aliphatic rings. The molecule has 1 saturated carbocycles. The minimum Gasteiger partial charge on any atom is -0.327 e. The van der Waals surface area contributed by atoms with Crippen LogP contribution in [0.5, 0.6) is 0 Å². The highest BCUT2D eigenvalue weighted by atomic mass is 15.1. The minimum atomic E-state index is 0.446. The summed E-state index contributed by atoms with van der Waals surface area (Å²) < 4.78 is 0. The molecule has 2 heteroatoms. The zero-order chi connectivity index (χ0) is 12.3. The number of nitrogens with zero attached hydrogens (tertiary/aromatic N) is 1. The Kier molecular flexibility index (Phi) is 4.87. The van der Waals surface area contributed by atoms with Crippen molar-refractivity contribution >= 4 is 0 Å². The van der Waals surface area contributed by atoms with Crippen LogP contribution in [0, 0.1) is 17.8 Å². The highest BCUT2D eigenvalue weighted by molar-refractivity contribution is 4.81. The van der Waals surface area contributed by atoms with Crippen molar-refractivity contribution in [1.29, 1.82) is 0 Å². The van der Waals surface area contributed by atoms with Crippen molar-refractivity contribution in [1.82, 2.24) is 4.90 Å². The SMILES string of the molecule is CC1CCC(CCN2CCC(N)C(C)C2)CC1. The zero-order valence-corrected chi connectivity index (χ0v) is 11.7. The summed E-state index contributed by atoms with van der Waals surface area (Å²) in [5, 5.41) is 0. The molecule has 2 atom stereocenters. The summed E-state index contributed by atoms with van der Waals surface area (Å²) in [5.41, 5.74) is 6.07. The summed E-state index contributed by atoms with van der Waals surface area (Å²) in [7, 11) is 0. The third kappa shape index (κ3) is 3.96. The predicted molar refractivity (Wildman–Crippen MR) is 73.9 cm³/mol. The van der Waals surface area contributed by atoms with Crippen LogP contribution in [0.3, 0.4) is 0 Å². The first kappa shape index (κ1) is 13.4. The molecule has 2 fully saturated rings. The number of hydrogen-bond donors (Lipinski definition) is 1. The Morgan fingerprint density at radius 3 is 2.41 bits per heavy atom. The topological polar surface area (TPSA) is 29.3 Å². The van der Waals surface area contributed by atoms with Gasteiger partial charge in [0.2, 0.25) is 0 Å². The second kappa shape index (κ2) is 6.19. The van der Waals surface area contributed by atoms with Crippen LogP contribution in [-0.2, 0) is 0 Å². The average molecular weight is 238 g/mol. The van der Waals surface area contributed by atoms with Gasteiger partial charge < -0.3 is 10.6 Å². The van der Waals surface area contributed by atoms with E-state index in [4.69, 9.17) is 5.73 Å². The molecule has 2 rings (SSSR count). The lowest BCUT2D eigenvalue weighted by Crippen LogP contribution is -2.46. The van der Waals surface area contributed by atoms with E-state index in [1.54, 1.807) is 0 Å². The quantitative estimate of drug-likeness (QED) is 0.819. The Morgan fingerprint density at radius 1 is 1.06 bits per heavy atom. The molecule has 2 unspecified atom stereocenters. The number of rotatable bonds is 3. The van der Waals surface area contributed by atoms with E-state index in [9.17, 15) is 0 Å². The molecular formula is C15H30N2. The third-order valence-corrected chi connectivity index (χ3v) is 5.04. The van der Waals surface area contributed by atoms with Crippen LogP contribution >= 0.6 is 0 Å². The molecule has 100 valence electrons. The van der Waals surface area contributed by atoms with Gasteiger partial charge in [0, 0.05) is 12.6 Å². The maximum atomic E-state index is 6.07. The third-order valence-electron chi connectivity index (χ3n) is 5.04. The molecule has 1 aliphatic carbocycles. The summed E-state index contributed by atoms with van der Waals surface area (Å²) in [6.45, 7) is 8.48. The molecule has 1 aliphatic heterocycles. The Bertz CT molecular complexity index is 221. The van der Waals surface area contributed by atoms with Crippen molar-refractivity contribution < 1.29 is 0 Å². The Labute approximate surface area is 107 Å². The number of hydrogen-bond acceptors (Lipinski definition) is 2. The minimum absolute atomic E-state index is 0.446. The summed E-state index contributed by atoms with van der Waals surface area (Å²) >= 11 is 0. The maximum Gasteiger partial charge on any atom is 0.00889 e. The molecule has 2 N–H and O–H groups in total. The van der Waals surface area contributed by atoms with Gasteiger partial charge in [-0.2, -0.15) is 0 Å². The first-order chi connectivity index (χ1) is 8.15. The molecule has 2 nitrogen and oxygen atoms in total. The van der Waals surface area contributed by atoms with E-state index in [2.05, 4.69) is 18.7 Å². The van der Waals surface area contributed by atoms with E-state index in [1.165, 1.54) is 58.2 Å². The summed E-state index contributed by atoms with van der Waals surface area (Å²) in [6, 6.07) is 0.446. The molecule has 0 bridgehead atoms. The smallest absolute Gasteiger partial charge is 0.00889 e.